The summed E-state index contributed by atoms with van der Waals surface area (Å²) in [5.74, 6) is 0.890. The molecule has 1 fully saturated rings. The fraction of sp³-hybridized carbons (Fsp3) is 0.294. The van der Waals surface area contributed by atoms with Gasteiger partial charge in [0.15, 0.2) is 5.65 Å². The number of carbonyl (C=O) groups excluding carboxylic acids is 1. The molecule has 1 aliphatic rings. The second kappa shape index (κ2) is 5.92. The van der Waals surface area contributed by atoms with E-state index in [1.165, 1.54) is 6.20 Å². The van der Waals surface area contributed by atoms with E-state index in [1.807, 2.05) is 30.5 Å². The zero-order valence-corrected chi connectivity index (χ0v) is 13.2. The van der Waals surface area contributed by atoms with E-state index in [0.29, 0.717) is 17.1 Å². The number of anilines is 1. The van der Waals surface area contributed by atoms with Gasteiger partial charge in [-0.15, -0.1) is 0 Å². The number of nitrogens with two attached hydrogens (primary N) is 1. The van der Waals surface area contributed by atoms with Crippen LogP contribution in [0.5, 0.6) is 0 Å². The molecule has 3 aromatic rings. The third-order valence-electron chi connectivity index (χ3n) is 4.58. The van der Waals surface area contributed by atoms with Gasteiger partial charge >= 0.3 is 0 Å². The van der Waals surface area contributed by atoms with E-state index in [-0.39, 0.29) is 0 Å². The molecule has 4 heterocycles. The van der Waals surface area contributed by atoms with Crippen LogP contribution >= 0.6 is 0 Å². The highest BCUT2D eigenvalue weighted by molar-refractivity contribution is 5.98. The van der Waals surface area contributed by atoms with Crippen molar-refractivity contribution in [2.75, 3.05) is 18.0 Å². The fourth-order valence-corrected chi connectivity index (χ4v) is 3.34. The standard InChI is InChI=1S/C17H18N6O/c18-16(24)13-11-21-23-14(4-8-20-17(13)23)12-5-9-22(10-6-12)15-3-1-2-7-19-15/h1-4,7-8,11-12H,5-6,9-10H2,(H2,18,24). The molecule has 0 saturated carbocycles. The van der Waals surface area contributed by atoms with E-state index in [2.05, 4.69) is 20.0 Å². The van der Waals surface area contributed by atoms with Gasteiger partial charge in [-0.2, -0.15) is 5.10 Å². The highest BCUT2D eigenvalue weighted by Crippen LogP contribution is 2.30. The molecule has 0 bridgehead atoms. The minimum absolute atomic E-state index is 0.364. The average molecular weight is 322 g/mol. The van der Waals surface area contributed by atoms with Crippen molar-refractivity contribution >= 4 is 17.4 Å². The van der Waals surface area contributed by atoms with Crippen molar-refractivity contribution in [1.29, 1.82) is 0 Å². The number of piperidine rings is 1. The maximum absolute atomic E-state index is 11.5. The molecule has 3 aromatic heterocycles. The summed E-state index contributed by atoms with van der Waals surface area (Å²) < 4.78 is 1.75. The Hall–Kier alpha value is -2.96. The van der Waals surface area contributed by atoms with Crippen LogP contribution in [0.2, 0.25) is 0 Å². The lowest BCUT2D eigenvalue weighted by atomic mass is 9.93. The Morgan fingerprint density at radius 1 is 1.12 bits per heavy atom. The quantitative estimate of drug-likeness (QED) is 0.791. The molecule has 1 aliphatic heterocycles. The Labute approximate surface area is 139 Å². The molecule has 122 valence electrons. The van der Waals surface area contributed by atoms with Gasteiger partial charge in [0, 0.05) is 37.1 Å². The third-order valence-corrected chi connectivity index (χ3v) is 4.58. The van der Waals surface area contributed by atoms with E-state index in [1.54, 1.807) is 10.7 Å². The molecule has 4 rings (SSSR count). The van der Waals surface area contributed by atoms with E-state index >= 15 is 0 Å². The predicted octanol–water partition coefficient (Wildman–Crippen LogP) is 1.61. The molecule has 0 aliphatic carbocycles. The van der Waals surface area contributed by atoms with Crippen molar-refractivity contribution < 1.29 is 4.79 Å². The van der Waals surface area contributed by atoms with Gasteiger partial charge in [-0.05, 0) is 31.0 Å². The number of pyridine rings is 1. The Balaban J connectivity index is 1.58. The fourth-order valence-electron chi connectivity index (χ4n) is 3.34. The Bertz CT molecular complexity index is 867. The second-order valence-electron chi connectivity index (χ2n) is 5.98. The highest BCUT2D eigenvalue weighted by atomic mass is 16.1. The maximum Gasteiger partial charge on any atom is 0.254 e. The Kier molecular flexibility index (Phi) is 3.60. The minimum atomic E-state index is -0.500. The zero-order valence-electron chi connectivity index (χ0n) is 13.2. The average Bonchev–Trinajstić information content (AvgIpc) is 3.07. The van der Waals surface area contributed by atoms with Gasteiger partial charge in [-0.1, -0.05) is 6.07 Å². The predicted molar refractivity (Wildman–Crippen MR) is 89.9 cm³/mol. The second-order valence-corrected chi connectivity index (χ2v) is 5.98. The highest BCUT2D eigenvalue weighted by Gasteiger charge is 2.24. The SMILES string of the molecule is NC(=O)c1cnn2c(C3CCN(c4ccccn4)CC3)ccnc12. The summed E-state index contributed by atoms with van der Waals surface area (Å²) >= 11 is 0. The van der Waals surface area contributed by atoms with Crippen molar-refractivity contribution in [3.63, 3.8) is 0 Å². The molecule has 1 saturated heterocycles. The smallest absolute Gasteiger partial charge is 0.254 e. The molecule has 0 spiro atoms. The summed E-state index contributed by atoms with van der Waals surface area (Å²) in [5, 5.41) is 4.32. The van der Waals surface area contributed by atoms with Gasteiger partial charge in [0.2, 0.25) is 0 Å². The van der Waals surface area contributed by atoms with Gasteiger partial charge in [-0.25, -0.2) is 14.5 Å². The van der Waals surface area contributed by atoms with Crippen LogP contribution < -0.4 is 10.6 Å². The molecule has 0 aromatic carbocycles. The van der Waals surface area contributed by atoms with Crippen LogP contribution in [0.25, 0.3) is 5.65 Å². The van der Waals surface area contributed by atoms with Crippen LogP contribution in [-0.2, 0) is 0 Å². The van der Waals surface area contributed by atoms with Crippen LogP contribution in [0.4, 0.5) is 5.82 Å². The van der Waals surface area contributed by atoms with Crippen molar-refractivity contribution in [3.05, 3.63) is 54.1 Å². The summed E-state index contributed by atoms with van der Waals surface area (Å²) in [7, 11) is 0. The molecule has 0 atom stereocenters. The Morgan fingerprint density at radius 2 is 1.96 bits per heavy atom. The summed E-state index contributed by atoms with van der Waals surface area (Å²) in [6, 6.07) is 7.96. The van der Waals surface area contributed by atoms with Crippen LogP contribution in [0.1, 0.15) is 34.8 Å². The molecular formula is C17H18N6O. The summed E-state index contributed by atoms with van der Waals surface area (Å²) in [4.78, 5) is 22.5. The lowest BCUT2D eigenvalue weighted by Gasteiger charge is -2.32. The normalized spacial score (nSPS) is 15.8. The number of rotatable bonds is 3. The molecule has 7 nitrogen and oxygen atoms in total. The summed E-state index contributed by atoms with van der Waals surface area (Å²) in [6.45, 7) is 1.88. The molecule has 2 N–H and O–H groups in total. The monoisotopic (exact) mass is 322 g/mol. The lowest BCUT2D eigenvalue weighted by molar-refractivity contribution is 0.100. The van der Waals surface area contributed by atoms with E-state index in [0.717, 1.165) is 37.4 Å². The van der Waals surface area contributed by atoms with E-state index in [9.17, 15) is 4.79 Å². The molecule has 0 unspecified atom stereocenters. The number of primary amides is 1. The van der Waals surface area contributed by atoms with E-state index < -0.39 is 5.91 Å². The van der Waals surface area contributed by atoms with Crippen LogP contribution in [-0.4, -0.2) is 38.6 Å². The number of amides is 1. The van der Waals surface area contributed by atoms with Crippen molar-refractivity contribution in [1.82, 2.24) is 19.6 Å². The van der Waals surface area contributed by atoms with Gasteiger partial charge < -0.3 is 10.6 Å². The van der Waals surface area contributed by atoms with Crippen molar-refractivity contribution in [3.8, 4) is 0 Å². The third kappa shape index (κ3) is 2.47. The van der Waals surface area contributed by atoms with Crippen molar-refractivity contribution in [2.24, 2.45) is 5.73 Å². The Morgan fingerprint density at radius 3 is 2.67 bits per heavy atom. The lowest BCUT2D eigenvalue weighted by Crippen LogP contribution is -2.34. The zero-order chi connectivity index (χ0) is 16.5. The number of carbonyl (C=O) groups is 1. The maximum atomic E-state index is 11.5. The number of aromatic nitrogens is 4. The first-order chi connectivity index (χ1) is 11.7. The van der Waals surface area contributed by atoms with Gasteiger partial charge in [0.1, 0.15) is 11.4 Å². The largest absolute Gasteiger partial charge is 0.365 e. The van der Waals surface area contributed by atoms with Crippen LogP contribution in [0.3, 0.4) is 0 Å². The first kappa shape index (κ1) is 14.6. The number of fused-ring (bicyclic) bond motifs is 1. The summed E-state index contributed by atoms with van der Waals surface area (Å²) in [6.07, 6.45) is 7.05. The molecule has 24 heavy (non-hydrogen) atoms. The first-order valence-electron chi connectivity index (χ1n) is 8.02. The topological polar surface area (TPSA) is 89.4 Å². The number of hydrogen-bond acceptors (Lipinski definition) is 5. The van der Waals surface area contributed by atoms with Crippen molar-refractivity contribution in [2.45, 2.75) is 18.8 Å². The van der Waals surface area contributed by atoms with Crippen LogP contribution in [0, 0.1) is 0 Å². The first-order valence-corrected chi connectivity index (χ1v) is 8.02. The van der Waals surface area contributed by atoms with E-state index in [4.69, 9.17) is 5.73 Å². The molecule has 1 amide bonds. The minimum Gasteiger partial charge on any atom is -0.365 e. The molecule has 7 heteroatoms. The molecule has 0 radical (unpaired) electrons. The molecular weight excluding hydrogens is 304 g/mol. The van der Waals surface area contributed by atoms with Gasteiger partial charge in [0.25, 0.3) is 5.91 Å². The van der Waals surface area contributed by atoms with Gasteiger partial charge in [0.05, 0.1) is 6.20 Å². The number of hydrogen-bond donors (Lipinski definition) is 1. The summed E-state index contributed by atoms with van der Waals surface area (Å²) in [5.41, 5.74) is 7.36. The van der Waals surface area contributed by atoms with Gasteiger partial charge in [-0.3, -0.25) is 4.79 Å². The van der Waals surface area contributed by atoms with Crippen LogP contribution in [0.15, 0.2) is 42.9 Å². The number of nitrogens with zero attached hydrogens (tertiary/aromatic N) is 5.